The lowest BCUT2D eigenvalue weighted by atomic mass is 10.1. The second kappa shape index (κ2) is 9.52. The Kier molecular flexibility index (Phi) is 6.98. The molecule has 0 saturated carbocycles. The van der Waals surface area contributed by atoms with E-state index in [4.69, 9.17) is 0 Å². The SMILES string of the molecule is CCNC(=O)[C@@H](C)N(Cc1cccc(C)c1)C(=O)CCN1C(=O)c2ccccc2S1(=O)=O. The number of rotatable bonds is 8. The van der Waals surface area contributed by atoms with Crippen molar-refractivity contribution in [2.24, 2.45) is 0 Å². The fourth-order valence-corrected chi connectivity index (χ4v) is 5.27. The minimum absolute atomic E-state index is 0.0512. The molecule has 0 spiro atoms. The molecular formula is C23H27N3O5S. The summed E-state index contributed by atoms with van der Waals surface area (Å²) in [5, 5.41) is 2.71. The number of nitrogens with zero attached hydrogens (tertiary/aromatic N) is 2. The van der Waals surface area contributed by atoms with Gasteiger partial charge in [-0.2, -0.15) is 0 Å². The molecule has 2 aromatic rings. The molecule has 0 fully saturated rings. The highest BCUT2D eigenvalue weighted by molar-refractivity contribution is 7.90. The molecule has 1 N–H and O–H groups in total. The van der Waals surface area contributed by atoms with Gasteiger partial charge in [0.25, 0.3) is 15.9 Å². The number of hydrogen-bond acceptors (Lipinski definition) is 5. The van der Waals surface area contributed by atoms with Crippen molar-refractivity contribution < 1.29 is 22.8 Å². The van der Waals surface area contributed by atoms with Crippen LogP contribution in [0.4, 0.5) is 0 Å². The summed E-state index contributed by atoms with van der Waals surface area (Å²) in [6, 6.07) is 12.8. The molecular weight excluding hydrogens is 430 g/mol. The van der Waals surface area contributed by atoms with Gasteiger partial charge in [0.2, 0.25) is 11.8 Å². The van der Waals surface area contributed by atoms with Gasteiger partial charge in [-0.25, -0.2) is 12.7 Å². The molecule has 1 aliphatic rings. The molecule has 3 amide bonds. The van der Waals surface area contributed by atoms with Crippen LogP contribution in [0.5, 0.6) is 0 Å². The van der Waals surface area contributed by atoms with Crippen LogP contribution in [0.3, 0.4) is 0 Å². The zero-order valence-corrected chi connectivity index (χ0v) is 19.2. The minimum atomic E-state index is -3.99. The maximum atomic E-state index is 13.1. The van der Waals surface area contributed by atoms with Gasteiger partial charge in [0.15, 0.2) is 0 Å². The Morgan fingerprint density at radius 2 is 1.84 bits per heavy atom. The second-order valence-electron chi connectivity index (χ2n) is 7.71. The number of aryl methyl sites for hydroxylation is 1. The highest BCUT2D eigenvalue weighted by Gasteiger charge is 2.41. The number of benzene rings is 2. The van der Waals surface area contributed by atoms with Crippen LogP contribution in [0, 0.1) is 6.92 Å². The van der Waals surface area contributed by atoms with Crippen molar-refractivity contribution in [3.05, 3.63) is 65.2 Å². The average molecular weight is 458 g/mol. The molecule has 0 bridgehead atoms. The zero-order valence-electron chi connectivity index (χ0n) is 18.4. The summed E-state index contributed by atoms with van der Waals surface area (Å²) in [5.41, 5.74) is 1.98. The van der Waals surface area contributed by atoms with Gasteiger partial charge >= 0.3 is 0 Å². The van der Waals surface area contributed by atoms with E-state index in [1.54, 1.807) is 26.0 Å². The van der Waals surface area contributed by atoms with E-state index in [2.05, 4.69) is 5.32 Å². The lowest BCUT2D eigenvalue weighted by Gasteiger charge is -2.29. The van der Waals surface area contributed by atoms with Gasteiger partial charge in [-0.1, -0.05) is 42.0 Å². The topological polar surface area (TPSA) is 104 Å². The van der Waals surface area contributed by atoms with Crippen LogP contribution < -0.4 is 5.32 Å². The van der Waals surface area contributed by atoms with E-state index in [9.17, 15) is 22.8 Å². The molecule has 8 nitrogen and oxygen atoms in total. The van der Waals surface area contributed by atoms with Crippen LogP contribution in [-0.2, 0) is 26.2 Å². The Balaban J connectivity index is 1.79. The van der Waals surface area contributed by atoms with Crippen molar-refractivity contribution in [2.45, 2.75) is 44.7 Å². The molecule has 0 saturated heterocycles. The van der Waals surface area contributed by atoms with Crippen molar-refractivity contribution in [1.29, 1.82) is 0 Å². The Morgan fingerprint density at radius 3 is 2.50 bits per heavy atom. The molecule has 1 heterocycles. The number of fused-ring (bicyclic) bond motifs is 1. The summed E-state index contributed by atoms with van der Waals surface area (Å²) >= 11 is 0. The smallest absolute Gasteiger partial charge is 0.269 e. The Bertz CT molecular complexity index is 1150. The monoisotopic (exact) mass is 457 g/mol. The quantitative estimate of drug-likeness (QED) is 0.654. The van der Waals surface area contributed by atoms with Crippen molar-refractivity contribution >= 4 is 27.7 Å². The van der Waals surface area contributed by atoms with Crippen LogP contribution >= 0.6 is 0 Å². The summed E-state index contributed by atoms with van der Waals surface area (Å²) < 4.78 is 26.2. The predicted octanol–water partition coefficient (Wildman–Crippen LogP) is 2.08. The molecule has 3 rings (SSSR count). The number of likely N-dealkylation sites (N-methyl/N-ethyl adjacent to an activating group) is 1. The summed E-state index contributed by atoms with van der Waals surface area (Å²) in [6.07, 6.45) is -0.228. The predicted molar refractivity (Wildman–Crippen MR) is 119 cm³/mol. The van der Waals surface area contributed by atoms with Crippen LogP contribution in [0.2, 0.25) is 0 Å². The minimum Gasteiger partial charge on any atom is -0.355 e. The fourth-order valence-electron chi connectivity index (χ4n) is 3.70. The number of carbonyl (C=O) groups excluding carboxylic acids is 3. The maximum Gasteiger partial charge on any atom is 0.269 e. The molecule has 0 aliphatic carbocycles. The summed E-state index contributed by atoms with van der Waals surface area (Å²) in [4.78, 5) is 39.6. The van der Waals surface area contributed by atoms with Gasteiger partial charge in [-0.3, -0.25) is 14.4 Å². The van der Waals surface area contributed by atoms with E-state index in [1.165, 1.54) is 17.0 Å². The van der Waals surface area contributed by atoms with Crippen molar-refractivity contribution in [2.75, 3.05) is 13.1 Å². The van der Waals surface area contributed by atoms with Gasteiger partial charge in [0.1, 0.15) is 10.9 Å². The molecule has 170 valence electrons. The molecule has 0 radical (unpaired) electrons. The number of hydrogen-bond donors (Lipinski definition) is 1. The van der Waals surface area contributed by atoms with E-state index < -0.39 is 27.9 Å². The molecule has 1 aliphatic heterocycles. The Morgan fingerprint density at radius 1 is 1.12 bits per heavy atom. The highest BCUT2D eigenvalue weighted by Crippen LogP contribution is 2.30. The van der Waals surface area contributed by atoms with E-state index >= 15 is 0 Å². The first-order chi connectivity index (χ1) is 15.2. The second-order valence-corrected chi connectivity index (χ2v) is 9.54. The molecule has 32 heavy (non-hydrogen) atoms. The fraction of sp³-hybridized carbons (Fsp3) is 0.348. The highest BCUT2D eigenvalue weighted by atomic mass is 32.2. The Hall–Kier alpha value is -3.20. The first-order valence-corrected chi connectivity index (χ1v) is 11.9. The van der Waals surface area contributed by atoms with Gasteiger partial charge in [-0.05, 0) is 38.5 Å². The number of carbonyl (C=O) groups is 3. The van der Waals surface area contributed by atoms with E-state index in [0.717, 1.165) is 15.4 Å². The number of amides is 3. The lowest BCUT2D eigenvalue weighted by molar-refractivity contribution is -0.140. The average Bonchev–Trinajstić information content (AvgIpc) is 2.95. The lowest BCUT2D eigenvalue weighted by Crippen LogP contribution is -2.48. The molecule has 9 heteroatoms. The van der Waals surface area contributed by atoms with E-state index in [0.29, 0.717) is 6.54 Å². The molecule has 0 unspecified atom stereocenters. The third kappa shape index (κ3) is 4.67. The van der Waals surface area contributed by atoms with E-state index in [-0.39, 0.29) is 35.9 Å². The molecule has 1 atom stereocenters. The zero-order chi connectivity index (χ0) is 23.5. The first-order valence-electron chi connectivity index (χ1n) is 10.5. The van der Waals surface area contributed by atoms with Crippen molar-refractivity contribution in [3.8, 4) is 0 Å². The molecule has 0 aromatic heterocycles. The maximum absolute atomic E-state index is 13.1. The van der Waals surface area contributed by atoms with Gasteiger partial charge in [-0.15, -0.1) is 0 Å². The third-order valence-corrected chi connectivity index (χ3v) is 7.23. The normalized spacial score (nSPS) is 15.2. The standard InChI is InChI=1S/C23H27N3O5S/c1-4-24-22(28)17(3)25(15-18-9-7-8-16(2)14-18)21(27)12-13-26-23(29)19-10-5-6-11-20(19)32(26,30)31/h5-11,14,17H,4,12-13,15H2,1-3H3,(H,24,28)/t17-/m1/s1. The van der Waals surface area contributed by atoms with Crippen LogP contribution in [0.25, 0.3) is 0 Å². The summed E-state index contributed by atoms with van der Waals surface area (Å²) in [6.45, 7) is 5.69. The summed E-state index contributed by atoms with van der Waals surface area (Å²) in [5.74, 6) is -1.36. The van der Waals surface area contributed by atoms with Crippen LogP contribution in [0.15, 0.2) is 53.4 Å². The third-order valence-electron chi connectivity index (χ3n) is 5.39. The van der Waals surface area contributed by atoms with Crippen molar-refractivity contribution in [3.63, 3.8) is 0 Å². The summed E-state index contributed by atoms with van der Waals surface area (Å²) in [7, 11) is -3.99. The number of sulfonamides is 1. The van der Waals surface area contributed by atoms with E-state index in [1.807, 2.05) is 31.2 Å². The Labute approximate surface area is 188 Å². The molecule has 2 aromatic carbocycles. The van der Waals surface area contributed by atoms with Gasteiger partial charge < -0.3 is 10.2 Å². The largest absolute Gasteiger partial charge is 0.355 e. The van der Waals surface area contributed by atoms with Crippen LogP contribution in [-0.4, -0.2) is 54.5 Å². The van der Waals surface area contributed by atoms with Crippen molar-refractivity contribution in [1.82, 2.24) is 14.5 Å². The van der Waals surface area contributed by atoms with Gasteiger partial charge in [0.05, 0.1) is 5.56 Å². The number of nitrogens with one attached hydrogen (secondary N) is 1. The van der Waals surface area contributed by atoms with Crippen LogP contribution in [0.1, 0.15) is 41.8 Å². The van der Waals surface area contributed by atoms with Gasteiger partial charge in [0, 0.05) is 26.1 Å². The first kappa shape index (κ1) is 23.5.